The van der Waals surface area contributed by atoms with Crippen molar-refractivity contribution >= 4 is 39.8 Å². The zero-order valence-corrected chi connectivity index (χ0v) is 11.9. The van der Waals surface area contributed by atoms with E-state index in [1.165, 1.54) is 16.6 Å². The summed E-state index contributed by atoms with van der Waals surface area (Å²) in [6, 6.07) is 1.33. The predicted octanol–water partition coefficient (Wildman–Crippen LogP) is 0.333. The number of sulfonamides is 1. The molecule has 0 amide bonds. The molecule has 18 heavy (non-hydrogen) atoms. The molecule has 9 heteroatoms. The van der Waals surface area contributed by atoms with Crippen molar-refractivity contribution in [1.29, 1.82) is 0 Å². The largest absolute Gasteiger partial charge is 0.383 e. The monoisotopic (exact) mass is 312 g/mol. The number of halogens is 2. The molecular formula is C9H14Cl2N4O2S. The van der Waals surface area contributed by atoms with Gasteiger partial charge in [-0.2, -0.15) is 4.31 Å². The molecule has 0 spiro atoms. The highest BCUT2D eigenvalue weighted by molar-refractivity contribution is 7.89. The quantitative estimate of drug-likeness (QED) is 0.821. The van der Waals surface area contributed by atoms with Gasteiger partial charge in [-0.15, -0.1) is 12.4 Å². The number of piperazine rings is 1. The molecule has 1 aliphatic rings. The predicted molar refractivity (Wildman–Crippen MR) is 72.5 cm³/mol. The molecule has 0 aliphatic carbocycles. The molecule has 102 valence electrons. The second-order valence-electron chi connectivity index (χ2n) is 3.69. The van der Waals surface area contributed by atoms with Crippen LogP contribution < -0.4 is 11.1 Å². The molecule has 0 aromatic carbocycles. The van der Waals surface area contributed by atoms with E-state index in [0.717, 1.165) is 0 Å². The number of hydrogen-bond acceptors (Lipinski definition) is 5. The summed E-state index contributed by atoms with van der Waals surface area (Å²) in [7, 11) is -3.59. The maximum Gasteiger partial charge on any atom is 0.246 e. The highest BCUT2D eigenvalue weighted by Crippen LogP contribution is 2.23. The van der Waals surface area contributed by atoms with Crippen LogP contribution in [-0.2, 0) is 10.0 Å². The molecule has 1 fully saturated rings. The summed E-state index contributed by atoms with van der Waals surface area (Å²) in [6.07, 6.45) is 1.33. The second-order valence-corrected chi connectivity index (χ2v) is 6.03. The van der Waals surface area contributed by atoms with Crippen LogP contribution in [0.2, 0.25) is 5.02 Å². The molecule has 2 rings (SSSR count). The van der Waals surface area contributed by atoms with Crippen molar-refractivity contribution in [3.63, 3.8) is 0 Å². The van der Waals surface area contributed by atoms with Gasteiger partial charge in [0.15, 0.2) is 0 Å². The van der Waals surface area contributed by atoms with E-state index in [1.807, 2.05) is 0 Å². The summed E-state index contributed by atoms with van der Waals surface area (Å²) in [4.78, 5) is 3.74. The fourth-order valence-corrected chi connectivity index (χ4v) is 3.42. The summed E-state index contributed by atoms with van der Waals surface area (Å²) in [5.41, 5.74) is 5.59. The van der Waals surface area contributed by atoms with Crippen LogP contribution in [0.5, 0.6) is 0 Å². The van der Waals surface area contributed by atoms with Crippen LogP contribution in [0.15, 0.2) is 17.2 Å². The van der Waals surface area contributed by atoms with Crippen molar-refractivity contribution in [1.82, 2.24) is 14.6 Å². The summed E-state index contributed by atoms with van der Waals surface area (Å²) in [6.45, 7) is 2.11. The molecule has 0 saturated carbocycles. The van der Waals surface area contributed by atoms with Crippen LogP contribution in [-0.4, -0.2) is 43.9 Å². The van der Waals surface area contributed by atoms with Crippen molar-refractivity contribution in [3.05, 3.63) is 17.3 Å². The normalized spacial score (nSPS) is 17.2. The summed E-state index contributed by atoms with van der Waals surface area (Å²) in [5.74, 6) is -0.0204. The Hall–Kier alpha value is -0.600. The Kier molecular flexibility index (Phi) is 5.18. The zero-order chi connectivity index (χ0) is 12.5. The number of nitrogens with zero attached hydrogens (tertiary/aromatic N) is 2. The van der Waals surface area contributed by atoms with E-state index in [2.05, 4.69) is 10.3 Å². The van der Waals surface area contributed by atoms with Crippen molar-refractivity contribution in [2.75, 3.05) is 31.9 Å². The van der Waals surface area contributed by atoms with E-state index in [-0.39, 0.29) is 28.1 Å². The van der Waals surface area contributed by atoms with Gasteiger partial charge in [0.2, 0.25) is 10.0 Å². The van der Waals surface area contributed by atoms with Gasteiger partial charge >= 0.3 is 0 Å². The number of anilines is 1. The Morgan fingerprint density at radius 1 is 1.39 bits per heavy atom. The molecule has 1 aromatic rings. The van der Waals surface area contributed by atoms with Crippen LogP contribution in [0.25, 0.3) is 0 Å². The van der Waals surface area contributed by atoms with Crippen molar-refractivity contribution < 1.29 is 8.42 Å². The number of hydrogen-bond donors (Lipinski definition) is 2. The second kappa shape index (κ2) is 6.03. The topological polar surface area (TPSA) is 88.3 Å². The number of aromatic nitrogens is 1. The van der Waals surface area contributed by atoms with E-state index >= 15 is 0 Å². The third-order valence-electron chi connectivity index (χ3n) is 2.54. The van der Waals surface area contributed by atoms with Gasteiger partial charge in [0.1, 0.15) is 10.7 Å². The van der Waals surface area contributed by atoms with Gasteiger partial charge in [0, 0.05) is 32.4 Å². The number of nitrogen functional groups attached to an aromatic ring is 1. The Morgan fingerprint density at radius 2 is 2.00 bits per heavy atom. The van der Waals surface area contributed by atoms with Gasteiger partial charge in [0.25, 0.3) is 0 Å². The first-order valence-corrected chi connectivity index (χ1v) is 6.95. The van der Waals surface area contributed by atoms with Crippen molar-refractivity contribution in [2.45, 2.75) is 4.90 Å². The Bertz CT molecular complexity index is 517. The highest BCUT2D eigenvalue weighted by Gasteiger charge is 2.28. The minimum atomic E-state index is -3.59. The Labute approximate surface area is 117 Å². The van der Waals surface area contributed by atoms with Crippen LogP contribution in [0.1, 0.15) is 0 Å². The fraction of sp³-hybridized carbons (Fsp3) is 0.444. The van der Waals surface area contributed by atoms with Gasteiger partial charge in [-0.1, -0.05) is 11.6 Å². The Balaban J connectivity index is 0.00000162. The highest BCUT2D eigenvalue weighted by atomic mass is 35.5. The lowest BCUT2D eigenvalue weighted by Gasteiger charge is -2.26. The lowest BCUT2D eigenvalue weighted by Crippen LogP contribution is -2.46. The van der Waals surface area contributed by atoms with Crippen molar-refractivity contribution in [3.8, 4) is 0 Å². The first kappa shape index (κ1) is 15.5. The number of nitrogens with one attached hydrogen (secondary N) is 1. The van der Waals surface area contributed by atoms with Crippen LogP contribution >= 0.6 is 24.0 Å². The summed E-state index contributed by atoms with van der Waals surface area (Å²) >= 11 is 5.75. The molecule has 6 nitrogen and oxygen atoms in total. The number of pyridine rings is 1. The SMILES string of the molecule is Cl.Nc1ncc(Cl)cc1S(=O)(=O)N1CCNCC1. The van der Waals surface area contributed by atoms with E-state index in [0.29, 0.717) is 26.2 Å². The van der Waals surface area contributed by atoms with Gasteiger partial charge < -0.3 is 11.1 Å². The van der Waals surface area contributed by atoms with Crippen LogP contribution in [0.4, 0.5) is 5.82 Å². The third kappa shape index (κ3) is 3.04. The minimum Gasteiger partial charge on any atom is -0.383 e. The van der Waals surface area contributed by atoms with E-state index in [4.69, 9.17) is 17.3 Å². The lowest BCUT2D eigenvalue weighted by molar-refractivity contribution is 0.360. The molecule has 0 atom stereocenters. The maximum absolute atomic E-state index is 12.3. The number of rotatable bonds is 2. The summed E-state index contributed by atoms with van der Waals surface area (Å²) < 4.78 is 25.9. The number of nitrogens with two attached hydrogens (primary N) is 1. The molecular weight excluding hydrogens is 299 g/mol. The average molecular weight is 313 g/mol. The molecule has 0 radical (unpaired) electrons. The first-order chi connectivity index (χ1) is 8.01. The van der Waals surface area contributed by atoms with Gasteiger partial charge in [-0.3, -0.25) is 0 Å². The zero-order valence-electron chi connectivity index (χ0n) is 9.47. The van der Waals surface area contributed by atoms with Crippen molar-refractivity contribution in [2.24, 2.45) is 0 Å². The molecule has 0 bridgehead atoms. The first-order valence-electron chi connectivity index (χ1n) is 5.14. The maximum atomic E-state index is 12.3. The summed E-state index contributed by atoms with van der Waals surface area (Å²) in [5, 5.41) is 3.34. The Morgan fingerprint density at radius 3 is 2.61 bits per heavy atom. The minimum absolute atomic E-state index is 0. The smallest absolute Gasteiger partial charge is 0.246 e. The van der Waals surface area contributed by atoms with E-state index in [9.17, 15) is 8.42 Å². The van der Waals surface area contributed by atoms with E-state index < -0.39 is 10.0 Å². The third-order valence-corrected chi connectivity index (χ3v) is 4.68. The van der Waals surface area contributed by atoms with Gasteiger partial charge in [-0.25, -0.2) is 13.4 Å². The van der Waals surface area contributed by atoms with Gasteiger partial charge in [-0.05, 0) is 6.07 Å². The molecule has 2 heterocycles. The van der Waals surface area contributed by atoms with Crippen LogP contribution in [0, 0.1) is 0 Å². The molecule has 1 saturated heterocycles. The molecule has 1 aromatic heterocycles. The molecule has 3 N–H and O–H groups in total. The molecule has 1 aliphatic heterocycles. The molecule has 0 unspecified atom stereocenters. The van der Waals surface area contributed by atoms with Gasteiger partial charge in [0.05, 0.1) is 5.02 Å². The van der Waals surface area contributed by atoms with Crippen LogP contribution in [0.3, 0.4) is 0 Å². The lowest BCUT2D eigenvalue weighted by atomic mass is 10.4. The van der Waals surface area contributed by atoms with E-state index in [1.54, 1.807) is 0 Å². The fourth-order valence-electron chi connectivity index (χ4n) is 1.66. The average Bonchev–Trinajstić information content (AvgIpc) is 2.33. The standard InChI is InChI=1S/C9H13ClN4O2S.ClH/c10-7-5-8(9(11)13-6-7)17(15,16)14-3-1-12-2-4-14;/h5-6,12H,1-4H2,(H2,11,13);1H.